The molecule has 2 heterocycles. The van der Waals surface area contributed by atoms with Crippen LogP contribution >= 0.6 is 0 Å². The summed E-state index contributed by atoms with van der Waals surface area (Å²) in [7, 11) is 0. The van der Waals surface area contributed by atoms with Gasteiger partial charge >= 0.3 is 5.97 Å². The average Bonchev–Trinajstić information content (AvgIpc) is 3.56. The maximum absolute atomic E-state index is 14.1. The predicted molar refractivity (Wildman–Crippen MR) is 168 cm³/mol. The number of fused-ring (bicyclic) bond motifs is 5. The van der Waals surface area contributed by atoms with Gasteiger partial charge in [0.15, 0.2) is 5.78 Å². The minimum atomic E-state index is -1.75. The number of esters is 1. The Balaban J connectivity index is 1.23. The fourth-order valence-corrected chi connectivity index (χ4v) is 12.1. The van der Waals surface area contributed by atoms with Gasteiger partial charge in [-0.05, 0) is 99.7 Å². The third kappa shape index (κ3) is 5.03. The molecule has 0 spiro atoms. The first-order valence-electron chi connectivity index (χ1n) is 17.9. The van der Waals surface area contributed by atoms with Crippen LogP contribution in [0.5, 0.6) is 0 Å². The summed E-state index contributed by atoms with van der Waals surface area (Å²) in [5.74, 6) is -0.0363. The Labute approximate surface area is 278 Å². The third-order valence-electron chi connectivity index (χ3n) is 15.3. The first-order chi connectivity index (χ1) is 21.8. The molecule has 268 valence electrons. The Kier molecular flexibility index (Phi) is 8.86. The van der Waals surface area contributed by atoms with E-state index < -0.39 is 72.2 Å². The highest BCUT2D eigenvalue weighted by Crippen LogP contribution is 2.75. The van der Waals surface area contributed by atoms with Gasteiger partial charge in [-0.1, -0.05) is 27.7 Å². The second-order valence-electron chi connectivity index (χ2n) is 17.6. The van der Waals surface area contributed by atoms with Crippen molar-refractivity contribution in [1.82, 2.24) is 0 Å². The van der Waals surface area contributed by atoms with Crippen LogP contribution in [0.4, 0.5) is 0 Å². The predicted octanol–water partition coefficient (Wildman–Crippen LogP) is 2.10. The van der Waals surface area contributed by atoms with E-state index in [2.05, 4.69) is 27.7 Å². The third-order valence-corrected chi connectivity index (χ3v) is 15.3. The van der Waals surface area contributed by atoms with Gasteiger partial charge in [0.2, 0.25) is 6.29 Å². The number of carbonyl (C=O) groups excluding carboxylic acids is 2. The van der Waals surface area contributed by atoms with Crippen LogP contribution in [-0.4, -0.2) is 104 Å². The smallest absolute Gasteiger partial charge is 0.317 e. The van der Waals surface area contributed by atoms with E-state index in [1.54, 1.807) is 6.92 Å². The molecule has 6 N–H and O–H groups in total. The Bertz CT molecular complexity index is 1240. The average molecular weight is 667 g/mol. The van der Waals surface area contributed by atoms with Gasteiger partial charge in [-0.25, -0.2) is 0 Å². The molecule has 2 saturated heterocycles. The van der Waals surface area contributed by atoms with Crippen molar-refractivity contribution in [2.75, 3.05) is 6.61 Å². The zero-order valence-electron chi connectivity index (χ0n) is 29.1. The summed E-state index contributed by atoms with van der Waals surface area (Å²) in [6, 6.07) is 0. The van der Waals surface area contributed by atoms with E-state index in [-0.39, 0.29) is 52.5 Å². The number of Topliss-reactive ketones (excluding diaryl/α,β-unsaturated/α-hetero) is 1. The molecule has 0 bridgehead atoms. The van der Waals surface area contributed by atoms with Gasteiger partial charge < -0.3 is 44.8 Å². The number of ether oxygens (including phenoxy) is 3. The molecule has 17 atom stereocenters. The molecule has 4 aliphatic carbocycles. The molecule has 0 aromatic carbocycles. The number of aliphatic hydroxyl groups is 6. The van der Waals surface area contributed by atoms with Crippen molar-refractivity contribution in [3.8, 4) is 0 Å². The van der Waals surface area contributed by atoms with E-state index in [1.165, 1.54) is 0 Å². The Morgan fingerprint density at radius 3 is 2.09 bits per heavy atom. The molecular weight excluding hydrogens is 608 g/mol. The highest BCUT2D eigenvalue weighted by Gasteiger charge is 2.71. The van der Waals surface area contributed by atoms with Crippen molar-refractivity contribution in [3.63, 3.8) is 0 Å². The molecule has 0 radical (unpaired) electrons. The van der Waals surface area contributed by atoms with Crippen LogP contribution in [0.15, 0.2) is 0 Å². The standard InChI is InChI=1S/C36H58O11/c1-17(14-21(38)29-32(2,3)47-29)18-10-12-34(5)19-8-9-23-35(6,20(19)11-13-33(18,34)4)24(39)15-25(40)36(23,7)31(44)46-30-28(43)27(42)26(41)22(16-37)45-30/h17-20,22-30,37,39-43H,8-16H2,1-7H3/t17-,18-,19-,20+,22-,23+,24+,25-,26-,27+,28-,29-,30+,33-,34+,35-,36-/m0/s1. The molecule has 4 saturated carbocycles. The van der Waals surface area contributed by atoms with E-state index in [0.29, 0.717) is 18.8 Å². The first-order valence-corrected chi connectivity index (χ1v) is 17.9. The number of epoxide rings is 1. The highest BCUT2D eigenvalue weighted by atomic mass is 16.7. The number of carbonyl (C=O) groups is 2. The second-order valence-corrected chi connectivity index (χ2v) is 17.6. The van der Waals surface area contributed by atoms with Crippen LogP contribution in [-0.2, 0) is 23.8 Å². The van der Waals surface area contributed by atoms with E-state index in [1.807, 2.05) is 13.8 Å². The number of rotatable bonds is 7. The van der Waals surface area contributed by atoms with Gasteiger partial charge in [0.25, 0.3) is 0 Å². The maximum atomic E-state index is 14.1. The van der Waals surface area contributed by atoms with Gasteiger partial charge in [-0.3, -0.25) is 9.59 Å². The quantitative estimate of drug-likeness (QED) is 0.173. The molecule has 6 fully saturated rings. The molecular formula is C36H58O11. The molecule has 2 aliphatic heterocycles. The largest absolute Gasteiger partial charge is 0.432 e. The first kappa shape index (κ1) is 35.6. The number of aliphatic hydroxyl groups excluding tert-OH is 6. The number of ketones is 1. The Morgan fingerprint density at radius 1 is 0.830 bits per heavy atom. The zero-order chi connectivity index (χ0) is 34.6. The van der Waals surface area contributed by atoms with Crippen molar-refractivity contribution < 1.29 is 54.4 Å². The zero-order valence-corrected chi connectivity index (χ0v) is 29.1. The summed E-state index contributed by atoms with van der Waals surface area (Å²) in [5, 5.41) is 63.9. The summed E-state index contributed by atoms with van der Waals surface area (Å²) in [6.07, 6.45) is -4.47. The lowest BCUT2D eigenvalue weighted by molar-refractivity contribution is -0.303. The van der Waals surface area contributed by atoms with E-state index in [0.717, 1.165) is 32.1 Å². The normalized spacial score (nSPS) is 54.1. The van der Waals surface area contributed by atoms with Crippen LogP contribution in [0, 0.1) is 51.2 Å². The van der Waals surface area contributed by atoms with Crippen LogP contribution < -0.4 is 0 Å². The summed E-state index contributed by atoms with van der Waals surface area (Å²) in [4.78, 5) is 27.2. The van der Waals surface area contributed by atoms with Gasteiger partial charge in [0, 0.05) is 18.3 Å². The summed E-state index contributed by atoms with van der Waals surface area (Å²) in [5.41, 5.74) is -2.51. The topological polar surface area (TPSA) is 187 Å². The van der Waals surface area contributed by atoms with Gasteiger partial charge in [0.05, 0.1) is 29.8 Å². The number of hydrogen-bond acceptors (Lipinski definition) is 11. The highest BCUT2D eigenvalue weighted by molar-refractivity contribution is 5.87. The number of hydrogen-bond donors (Lipinski definition) is 6. The van der Waals surface area contributed by atoms with Gasteiger partial charge in [-0.2, -0.15) is 0 Å². The van der Waals surface area contributed by atoms with E-state index in [4.69, 9.17) is 14.2 Å². The van der Waals surface area contributed by atoms with Crippen molar-refractivity contribution in [2.45, 2.75) is 154 Å². The van der Waals surface area contributed by atoms with Crippen LogP contribution in [0.3, 0.4) is 0 Å². The molecule has 11 nitrogen and oxygen atoms in total. The fraction of sp³-hybridized carbons (Fsp3) is 0.944. The molecule has 6 rings (SSSR count). The van der Waals surface area contributed by atoms with E-state index in [9.17, 15) is 40.2 Å². The molecule has 47 heavy (non-hydrogen) atoms. The summed E-state index contributed by atoms with van der Waals surface area (Å²) < 4.78 is 16.8. The monoisotopic (exact) mass is 666 g/mol. The van der Waals surface area contributed by atoms with Crippen molar-refractivity contribution in [2.24, 2.45) is 51.2 Å². The molecule has 11 heteroatoms. The molecule has 0 aromatic rings. The Hall–Kier alpha value is -1.18. The SMILES string of the molecule is C[C@@H](CC(=O)[C@@H]1OC1(C)C)[C@@H]1CC[C@]2(C)[C@H]3CC[C@H]4[C@](C)(C(=O)O[C@H]5O[C@@H](CO)[C@H](O)[C@@H](O)[C@@H]5O)[C@@H](O)C[C@@H](O)[C@@]4(C)[C@@H]3CC[C@@]12C. The summed E-state index contributed by atoms with van der Waals surface area (Å²) >= 11 is 0. The lowest BCUT2D eigenvalue weighted by atomic mass is 9.37. The van der Waals surface area contributed by atoms with E-state index >= 15 is 0 Å². The summed E-state index contributed by atoms with van der Waals surface area (Å²) in [6.45, 7) is 14.1. The molecule has 0 aromatic heterocycles. The van der Waals surface area contributed by atoms with Gasteiger partial charge in [0.1, 0.15) is 30.5 Å². The fourth-order valence-electron chi connectivity index (χ4n) is 12.1. The molecule has 0 amide bonds. The maximum Gasteiger partial charge on any atom is 0.317 e. The molecule has 6 aliphatic rings. The molecule has 0 unspecified atom stereocenters. The lowest BCUT2D eigenvalue weighted by Crippen LogP contribution is -2.68. The Morgan fingerprint density at radius 2 is 1.47 bits per heavy atom. The minimum absolute atomic E-state index is 0.00810. The second kappa shape index (κ2) is 11.7. The van der Waals surface area contributed by atoms with Crippen LogP contribution in [0.1, 0.15) is 99.8 Å². The van der Waals surface area contributed by atoms with Crippen molar-refractivity contribution in [1.29, 1.82) is 0 Å². The minimum Gasteiger partial charge on any atom is -0.432 e. The van der Waals surface area contributed by atoms with Crippen molar-refractivity contribution in [3.05, 3.63) is 0 Å². The van der Waals surface area contributed by atoms with Crippen LogP contribution in [0.25, 0.3) is 0 Å². The lowest BCUT2D eigenvalue weighted by Gasteiger charge is -2.68. The van der Waals surface area contributed by atoms with Crippen molar-refractivity contribution >= 4 is 11.8 Å². The van der Waals surface area contributed by atoms with Crippen LogP contribution in [0.2, 0.25) is 0 Å². The van der Waals surface area contributed by atoms with Gasteiger partial charge in [-0.15, -0.1) is 0 Å².